The Morgan fingerprint density at radius 3 is 2.80 bits per heavy atom. The molecule has 1 saturated heterocycles. The number of nitrogens with zero attached hydrogens (tertiary/aromatic N) is 4. The van der Waals surface area contributed by atoms with Gasteiger partial charge in [-0.1, -0.05) is 12.6 Å². The molecule has 0 radical (unpaired) electrons. The molecule has 0 spiro atoms. The quantitative estimate of drug-likeness (QED) is 0.865. The van der Waals surface area contributed by atoms with E-state index in [1.54, 1.807) is 0 Å². The second-order valence-corrected chi connectivity index (χ2v) is 6.29. The minimum Gasteiger partial charge on any atom is -0.329 e. The lowest BCUT2D eigenvalue weighted by Crippen LogP contribution is -2.38. The van der Waals surface area contributed by atoms with E-state index < -0.39 is 0 Å². The zero-order valence-electron chi connectivity index (χ0n) is 14.7. The predicted molar refractivity (Wildman–Crippen MR) is 97.5 cm³/mol. The van der Waals surface area contributed by atoms with Gasteiger partial charge in [-0.15, -0.1) is 0 Å². The van der Waals surface area contributed by atoms with Gasteiger partial charge in [-0.3, -0.25) is 4.79 Å². The molecular formula is C19H23N5O. The van der Waals surface area contributed by atoms with E-state index in [2.05, 4.69) is 26.8 Å². The summed E-state index contributed by atoms with van der Waals surface area (Å²) in [6.45, 7) is 8.21. The zero-order chi connectivity index (χ0) is 17.8. The molecule has 6 nitrogen and oxygen atoms in total. The standard InChI is InChI=1S/C19H23N5O/c1-4-18(25)24-11-6-5-9-15(24)19-21-14(3)12-17(23-19)22-16-10-7-8-13(2)20-16/h4,7-8,10,12,15H,1,5-6,9,11H2,2-3H3,(H,20,21,22,23). The van der Waals surface area contributed by atoms with Crippen molar-refractivity contribution in [1.29, 1.82) is 0 Å². The van der Waals surface area contributed by atoms with Crippen LogP contribution in [0.15, 0.2) is 36.9 Å². The molecule has 2 aromatic rings. The number of carbonyl (C=O) groups is 1. The molecule has 0 bridgehead atoms. The summed E-state index contributed by atoms with van der Waals surface area (Å²) in [7, 11) is 0. The summed E-state index contributed by atoms with van der Waals surface area (Å²) in [5.74, 6) is 2.04. The molecule has 130 valence electrons. The van der Waals surface area contributed by atoms with E-state index in [0.717, 1.165) is 43.0 Å². The molecule has 0 saturated carbocycles. The summed E-state index contributed by atoms with van der Waals surface area (Å²) < 4.78 is 0. The van der Waals surface area contributed by atoms with Crippen LogP contribution in [-0.4, -0.2) is 32.3 Å². The van der Waals surface area contributed by atoms with Crippen LogP contribution in [0.4, 0.5) is 11.6 Å². The van der Waals surface area contributed by atoms with E-state index in [1.807, 2.05) is 43.0 Å². The molecule has 2 aromatic heterocycles. The number of hydrogen-bond acceptors (Lipinski definition) is 5. The number of rotatable bonds is 4. The minimum absolute atomic E-state index is 0.0651. The average Bonchev–Trinajstić information content (AvgIpc) is 2.60. The van der Waals surface area contributed by atoms with Gasteiger partial charge in [0.05, 0.1) is 6.04 Å². The van der Waals surface area contributed by atoms with Gasteiger partial charge >= 0.3 is 0 Å². The third-order valence-corrected chi connectivity index (χ3v) is 4.27. The Bertz CT molecular complexity index is 789. The monoisotopic (exact) mass is 337 g/mol. The van der Waals surface area contributed by atoms with Crippen LogP contribution in [0.3, 0.4) is 0 Å². The van der Waals surface area contributed by atoms with E-state index in [1.165, 1.54) is 6.08 Å². The summed E-state index contributed by atoms with van der Waals surface area (Å²) in [5, 5.41) is 3.24. The molecule has 3 rings (SSSR count). The summed E-state index contributed by atoms with van der Waals surface area (Å²) in [5.41, 5.74) is 1.79. The number of pyridine rings is 1. The van der Waals surface area contributed by atoms with Gasteiger partial charge in [-0.25, -0.2) is 15.0 Å². The van der Waals surface area contributed by atoms with Gasteiger partial charge < -0.3 is 10.2 Å². The predicted octanol–water partition coefficient (Wildman–Crippen LogP) is 3.47. The highest BCUT2D eigenvalue weighted by atomic mass is 16.2. The number of hydrogen-bond donors (Lipinski definition) is 1. The number of aromatic nitrogens is 3. The molecule has 1 fully saturated rings. The lowest BCUT2D eigenvalue weighted by molar-refractivity contribution is -0.129. The fourth-order valence-electron chi connectivity index (χ4n) is 3.13. The Balaban J connectivity index is 1.90. The van der Waals surface area contributed by atoms with Gasteiger partial charge in [0, 0.05) is 24.0 Å². The maximum absolute atomic E-state index is 12.2. The first-order valence-electron chi connectivity index (χ1n) is 8.56. The SMILES string of the molecule is C=CC(=O)N1CCCCC1c1nc(C)cc(Nc2cccc(C)n2)n1. The lowest BCUT2D eigenvalue weighted by Gasteiger charge is -2.34. The summed E-state index contributed by atoms with van der Waals surface area (Å²) in [6, 6.07) is 7.58. The molecule has 6 heteroatoms. The lowest BCUT2D eigenvalue weighted by atomic mass is 10.0. The van der Waals surface area contributed by atoms with Gasteiger partial charge in [0.1, 0.15) is 11.6 Å². The van der Waals surface area contributed by atoms with Gasteiger partial charge in [-0.05, 0) is 51.3 Å². The van der Waals surface area contributed by atoms with E-state index in [9.17, 15) is 4.79 Å². The van der Waals surface area contributed by atoms with E-state index in [0.29, 0.717) is 11.6 Å². The van der Waals surface area contributed by atoms with Crippen LogP contribution in [0, 0.1) is 13.8 Å². The molecule has 1 aliphatic heterocycles. The van der Waals surface area contributed by atoms with Crippen LogP contribution < -0.4 is 5.32 Å². The maximum atomic E-state index is 12.2. The van der Waals surface area contributed by atoms with Crippen molar-refractivity contribution < 1.29 is 4.79 Å². The molecule has 1 aliphatic rings. The molecule has 0 aromatic carbocycles. The number of anilines is 2. The van der Waals surface area contributed by atoms with Crippen molar-refractivity contribution in [2.75, 3.05) is 11.9 Å². The van der Waals surface area contributed by atoms with Crippen LogP contribution in [0.1, 0.15) is 42.5 Å². The average molecular weight is 337 g/mol. The number of piperidine rings is 1. The van der Waals surface area contributed by atoms with E-state index >= 15 is 0 Å². The first-order chi connectivity index (χ1) is 12.1. The second kappa shape index (κ2) is 7.42. The van der Waals surface area contributed by atoms with Crippen LogP contribution in [0.2, 0.25) is 0 Å². The Labute approximate surface area is 148 Å². The van der Waals surface area contributed by atoms with Crippen LogP contribution in [0.5, 0.6) is 0 Å². The number of likely N-dealkylation sites (tertiary alicyclic amines) is 1. The third-order valence-electron chi connectivity index (χ3n) is 4.27. The van der Waals surface area contributed by atoms with Crippen molar-refractivity contribution in [3.8, 4) is 0 Å². The molecule has 1 amide bonds. The van der Waals surface area contributed by atoms with Crippen molar-refractivity contribution in [3.63, 3.8) is 0 Å². The Kier molecular flexibility index (Phi) is 5.07. The number of carbonyl (C=O) groups excluding carboxylic acids is 1. The van der Waals surface area contributed by atoms with Crippen molar-refractivity contribution >= 4 is 17.5 Å². The number of aryl methyl sites for hydroxylation is 2. The Morgan fingerprint density at radius 1 is 1.20 bits per heavy atom. The molecular weight excluding hydrogens is 314 g/mol. The highest BCUT2D eigenvalue weighted by Crippen LogP contribution is 2.30. The van der Waals surface area contributed by atoms with E-state index in [4.69, 9.17) is 0 Å². The van der Waals surface area contributed by atoms with Gasteiger partial charge in [0.15, 0.2) is 5.82 Å². The fraction of sp³-hybridized carbons (Fsp3) is 0.368. The molecule has 25 heavy (non-hydrogen) atoms. The van der Waals surface area contributed by atoms with Gasteiger partial charge in [-0.2, -0.15) is 0 Å². The van der Waals surface area contributed by atoms with E-state index in [-0.39, 0.29) is 11.9 Å². The van der Waals surface area contributed by atoms with Gasteiger partial charge in [0.2, 0.25) is 5.91 Å². The molecule has 3 heterocycles. The number of amides is 1. The van der Waals surface area contributed by atoms with Crippen LogP contribution >= 0.6 is 0 Å². The third kappa shape index (κ3) is 4.02. The van der Waals surface area contributed by atoms with Crippen molar-refractivity contribution in [3.05, 3.63) is 54.1 Å². The minimum atomic E-state index is -0.106. The zero-order valence-corrected chi connectivity index (χ0v) is 14.7. The number of nitrogens with one attached hydrogen (secondary N) is 1. The second-order valence-electron chi connectivity index (χ2n) is 6.29. The smallest absolute Gasteiger partial charge is 0.246 e. The Hall–Kier alpha value is -2.76. The topological polar surface area (TPSA) is 71.0 Å². The van der Waals surface area contributed by atoms with Crippen molar-refractivity contribution in [2.24, 2.45) is 0 Å². The van der Waals surface area contributed by atoms with Crippen molar-refractivity contribution in [1.82, 2.24) is 19.9 Å². The molecule has 1 unspecified atom stereocenters. The van der Waals surface area contributed by atoms with Crippen LogP contribution in [0.25, 0.3) is 0 Å². The van der Waals surface area contributed by atoms with Crippen molar-refractivity contribution in [2.45, 2.75) is 39.2 Å². The highest BCUT2D eigenvalue weighted by molar-refractivity contribution is 5.87. The first-order valence-corrected chi connectivity index (χ1v) is 8.56. The molecule has 1 N–H and O–H groups in total. The van der Waals surface area contributed by atoms with Gasteiger partial charge in [0.25, 0.3) is 0 Å². The first kappa shape index (κ1) is 17.1. The molecule has 0 aliphatic carbocycles. The summed E-state index contributed by atoms with van der Waals surface area (Å²) in [6.07, 6.45) is 4.29. The molecule has 1 atom stereocenters. The van der Waals surface area contributed by atoms with Crippen LogP contribution in [-0.2, 0) is 4.79 Å². The summed E-state index contributed by atoms with van der Waals surface area (Å²) in [4.78, 5) is 27.7. The maximum Gasteiger partial charge on any atom is 0.246 e. The summed E-state index contributed by atoms with van der Waals surface area (Å²) >= 11 is 0. The fourth-order valence-corrected chi connectivity index (χ4v) is 3.13. The highest BCUT2D eigenvalue weighted by Gasteiger charge is 2.29. The Morgan fingerprint density at radius 2 is 2.04 bits per heavy atom. The normalized spacial score (nSPS) is 17.2. The largest absolute Gasteiger partial charge is 0.329 e.